The normalized spacial score (nSPS) is 10.9. The van der Waals surface area contributed by atoms with E-state index in [0.717, 1.165) is 23.6 Å². The molecule has 3 nitrogen and oxygen atoms in total. The van der Waals surface area contributed by atoms with Crippen LogP contribution in [-0.4, -0.2) is 9.55 Å². The fourth-order valence-corrected chi connectivity index (χ4v) is 2.51. The molecule has 2 aromatic heterocycles. The van der Waals surface area contributed by atoms with Crippen molar-refractivity contribution in [2.45, 2.75) is 6.54 Å². The van der Waals surface area contributed by atoms with Gasteiger partial charge < -0.3 is 9.88 Å². The Bertz CT molecular complexity index is 625. The van der Waals surface area contributed by atoms with Crippen molar-refractivity contribution >= 4 is 28.1 Å². The van der Waals surface area contributed by atoms with Gasteiger partial charge >= 0.3 is 0 Å². The summed E-state index contributed by atoms with van der Waals surface area (Å²) < 4.78 is 2.13. The highest BCUT2D eigenvalue weighted by Crippen LogP contribution is 2.16. The third-order valence-corrected chi connectivity index (χ3v) is 3.53. The number of benzene rings is 1. The summed E-state index contributed by atoms with van der Waals surface area (Å²) in [6.45, 7) is 0.752. The predicted octanol–water partition coefficient (Wildman–Crippen LogP) is 3.25. The molecule has 0 aliphatic carbocycles. The average Bonchev–Trinajstić information content (AvgIpc) is 2.96. The molecule has 1 aromatic carbocycles. The van der Waals surface area contributed by atoms with Gasteiger partial charge in [-0.2, -0.15) is 11.3 Å². The Balaban J connectivity index is 1.88. The quantitative estimate of drug-likeness (QED) is 0.765. The van der Waals surface area contributed by atoms with Crippen LogP contribution in [-0.2, 0) is 13.6 Å². The zero-order chi connectivity index (χ0) is 11.7. The summed E-state index contributed by atoms with van der Waals surface area (Å²) in [5.41, 5.74) is 3.38. The highest BCUT2D eigenvalue weighted by atomic mass is 32.1. The number of nitrogens with zero attached hydrogens (tertiary/aromatic N) is 2. The number of thiophene rings is 1. The van der Waals surface area contributed by atoms with E-state index in [2.05, 4.69) is 44.8 Å². The molecule has 3 aromatic rings. The molecule has 17 heavy (non-hydrogen) atoms. The van der Waals surface area contributed by atoms with E-state index in [1.807, 2.05) is 18.2 Å². The molecule has 86 valence electrons. The van der Waals surface area contributed by atoms with Gasteiger partial charge in [-0.25, -0.2) is 4.98 Å². The molecule has 0 aliphatic rings. The number of aryl methyl sites for hydroxylation is 1. The van der Waals surface area contributed by atoms with Crippen molar-refractivity contribution < 1.29 is 0 Å². The van der Waals surface area contributed by atoms with Crippen LogP contribution in [0.5, 0.6) is 0 Å². The van der Waals surface area contributed by atoms with Crippen LogP contribution in [0.3, 0.4) is 0 Å². The molecule has 0 radical (unpaired) electrons. The molecule has 0 saturated carbocycles. The van der Waals surface area contributed by atoms with Crippen molar-refractivity contribution in [3.05, 3.63) is 46.9 Å². The summed E-state index contributed by atoms with van der Waals surface area (Å²) in [5, 5.41) is 7.54. The molecule has 0 saturated heterocycles. The maximum atomic E-state index is 4.62. The van der Waals surface area contributed by atoms with Crippen molar-refractivity contribution in [3.63, 3.8) is 0 Å². The maximum Gasteiger partial charge on any atom is 0.128 e. The lowest BCUT2D eigenvalue weighted by Gasteiger charge is -2.04. The zero-order valence-electron chi connectivity index (χ0n) is 9.55. The van der Waals surface area contributed by atoms with E-state index in [0.29, 0.717) is 0 Å². The van der Waals surface area contributed by atoms with Crippen LogP contribution in [0.1, 0.15) is 5.82 Å². The molecular weight excluding hydrogens is 230 g/mol. The minimum atomic E-state index is 0.752. The summed E-state index contributed by atoms with van der Waals surface area (Å²) in [4.78, 5) is 4.62. The average molecular weight is 243 g/mol. The Morgan fingerprint density at radius 2 is 2.18 bits per heavy atom. The van der Waals surface area contributed by atoms with Gasteiger partial charge in [-0.1, -0.05) is 12.1 Å². The number of anilines is 1. The third kappa shape index (κ3) is 1.91. The molecule has 0 atom stereocenters. The molecule has 3 rings (SSSR count). The molecule has 2 heterocycles. The lowest BCUT2D eigenvalue weighted by Crippen LogP contribution is -2.05. The third-order valence-electron chi connectivity index (χ3n) is 2.85. The van der Waals surface area contributed by atoms with Gasteiger partial charge in [-0.3, -0.25) is 0 Å². The van der Waals surface area contributed by atoms with Crippen LogP contribution >= 0.6 is 11.3 Å². The van der Waals surface area contributed by atoms with Gasteiger partial charge in [0, 0.05) is 18.1 Å². The first kappa shape index (κ1) is 10.4. The summed E-state index contributed by atoms with van der Waals surface area (Å²) >= 11 is 1.69. The fourth-order valence-electron chi connectivity index (χ4n) is 1.90. The summed E-state index contributed by atoms with van der Waals surface area (Å²) in [6.07, 6.45) is 0. The van der Waals surface area contributed by atoms with Gasteiger partial charge in [-0.15, -0.1) is 0 Å². The van der Waals surface area contributed by atoms with E-state index in [-0.39, 0.29) is 0 Å². The monoisotopic (exact) mass is 243 g/mol. The van der Waals surface area contributed by atoms with Crippen LogP contribution in [0, 0.1) is 0 Å². The zero-order valence-corrected chi connectivity index (χ0v) is 10.4. The summed E-state index contributed by atoms with van der Waals surface area (Å²) in [5.74, 6) is 1.05. The van der Waals surface area contributed by atoms with Gasteiger partial charge in [-0.05, 0) is 23.6 Å². The molecule has 0 unspecified atom stereocenters. The van der Waals surface area contributed by atoms with Crippen molar-refractivity contribution in [3.8, 4) is 0 Å². The number of nitrogens with one attached hydrogen (secondary N) is 1. The molecule has 4 heteroatoms. The van der Waals surface area contributed by atoms with E-state index in [1.54, 1.807) is 11.3 Å². The number of imidazole rings is 1. The van der Waals surface area contributed by atoms with Crippen molar-refractivity contribution in [1.82, 2.24) is 9.55 Å². The number of hydrogen-bond acceptors (Lipinski definition) is 3. The number of rotatable bonds is 3. The van der Waals surface area contributed by atoms with Crippen LogP contribution in [0.15, 0.2) is 41.1 Å². The number of aromatic nitrogens is 2. The Morgan fingerprint density at radius 1 is 1.29 bits per heavy atom. The van der Waals surface area contributed by atoms with E-state index >= 15 is 0 Å². The SMILES string of the molecule is Cn1c(CNc2ccsc2)nc2ccccc21. The molecular formula is C13H13N3S. The molecule has 0 amide bonds. The van der Waals surface area contributed by atoms with Crippen molar-refractivity contribution in [2.75, 3.05) is 5.32 Å². The van der Waals surface area contributed by atoms with Gasteiger partial charge in [0.1, 0.15) is 5.82 Å². The largest absolute Gasteiger partial charge is 0.377 e. The summed E-state index contributed by atoms with van der Waals surface area (Å²) in [7, 11) is 2.06. The molecule has 0 aliphatic heterocycles. The first-order chi connectivity index (χ1) is 8.34. The van der Waals surface area contributed by atoms with Gasteiger partial charge in [0.15, 0.2) is 0 Å². The standard InChI is InChI=1S/C13H13N3S/c1-16-12-5-3-2-4-11(12)15-13(16)8-14-10-6-7-17-9-10/h2-7,9,14H,8H2,1H3. The second kappa shape index (κ2) is 4.22. The first-order valence-electron chi connectivity index (χ1n) is 5.51. The van der Waals surface area contributed by atoms with E-state index in [9.17, 15) is 0 Å². The van der Waals surface area contributed by atoms with Crippen molar-refractivity contribution in [2.24, 2.45) is 7.05 Å². The van der Waals surface area contributed by atoms with E-state index in [4.69, 9.17) is 0 Å². The second-order valence-electron chi connectivity index (χ2n) is 3.94. The van der Waals surface area contributed by atoms with E-state index < -0.39 is 0 Å². The number of fused-ring (bicyclic) bond motifs is 1. The minimum Gasteiger partial charge on any atom is -0.377 e. The maximum absolute atomic E-state index is 4.62. The lowest BCUT2D eigenvalue weighted by atomic mass is 10.3. The van der Waals surface area contributed by atoms with Gasteiger partial charge in [0.25, 0.3) is 0 Å². The highest BCUT2D eigenvalue weighted by Gasteiger charge is 2.06. The smallest absolute Gasteiger partial charge is 0.128 e. The Labute approximate surface area is 104 Å². The second-order valence-corrected chi connectivity index (χ2v) is 4.72. The van der Waals surface area contributed by atoms with Crippen molar-refractivity contribution in [1.29, 1.82) is 0 Å². The van der Waals surface area contributed by atoms with Crippen LogP contribution in [0.2, 0.25) is 0 Å². The Morgan fingerprint density at radius 3 is 2.94 bits per heavy atom. The minimum absolute atomic E-state index is 0.752. The number of para-hydroxylation sites is 2. The Kier molecular flexibility index (Phi) is 2.57. The molecule has 0 fully saturated rings. The van der Waals surface area contributed by atoms with E-state index in [1.165, 1.54) is 5.52 Å². The predicted molar refractivity (Wildman–Crippen MR) is 72.4 cm³/mol. The van der Waals surface area contributed by atoms with Crippen LogP contribution in [0.25, 0.3) is 11.0 Å². The number of hydrogen-bond donors (Lipinski definition) is 1. The van der Waals surface area contributed by atoms with Crippen LogP contribution < -0.4 is 5.32 Å². The summed E-state index contributed by atoms with van der Waals surface area (Å²) in [6, 6.07) is 10.3. The lowest BCUT2D eigenvalue weighted by molar-refractivity contribution is 0.835. The molecule has 1 N–H and O–H groups in total. The topological polar surface area (TPSA) is 29.9 Å². The van der Waals surface area contributed by atoms with Gasteiger partial charge in [0.2, 0.25) is 0 Å². The van der Waals surface area contributed by atoms with Crippen LogP contribution in [0.4, 0.5) is 5.69 Å². The molecule has 0 spiro atoms. The highest BCUT2D eigenvalue weighted by molar-refractivity contribution is 7.08. The first-order valence-corrected chi connectivity index (χ1v) is 6.45. The van der Waals surface area contributed by atoms with Gasteiger partial charge in [0.05, 0.1) is 17.6 Å². The molecule has 0 bridgehead atoms. The fraction of sp³-hybridized carbons (Fsp3) is 0.154. The Hall–Kier alpha value is -1.81.